The largest absolute Gasteiger partial charge is 0.396 e. The average molecular weight is 211 g/mol. The smallest absolute Gasteiger partial charge is 0.0804 e. The lowest BCUT2D eigenvalue weighted by Crippen LogP contribution is -1.97. The first kappa shape index (κ1) is 12.3. The van der Waals surface area contributed by atoms with E-state index in [1.165, 1.54) is 0 Å². The van der Waals surface area contributed by atoms with Crippen LogP contribution in [-0.4, -0.2) is 21.4 Å². The van der Waals surface area contributed by atoms with Gasteiger partial charge in [0.1, 0.15) is 0 Å². The Morgan fingerprint density at radius 2 is 2.20 bits per heavy atom. The van der Waals surface area contributed by atoms with Crippen LogP contribution in [0.1, 0.15) is 44.3 Å². The summed E-state index contributed by atoms with van der Waals surface area (Å²) >= 11 is 0. The highest BCUT2D eigenvalue weighted by molar-refractivity contribution is 5.13. The van der Waals surface area contributed by atoms with Crippen LogP contribution >= 0.6 is 0 Å². The molecule has 86 valence electrons. The van der Waals surface area contributed by atoms with Crippen LogP contribution in [0.25, 0.3) is 0 Å². The molecular weight excluding hydrogens is 190 g/mol. The summed E-state index contributed by atoms with van der Waals surface area (Å²) < 4.78 is 2.07. The van der Waals surface area contributed by atoms with Gasteiger partial charge in [-0.25, -0.2) is 0 Å². The van der Waals surface area contributed by atoms with Crippen molar-refractivity contribution < 1.29 is 10.2 Å². The van der Waals surface area contributed by atoms with Gasteiger partial charge in [-0.05, 0) is 30.9 Å². The third-order valence-corrected chi connectivity index (χ3v) is 2.54. The molecule has 0 radical (unpaired) electrons. The lowest BCUT2D eigenvalue weighted by molar-refractivity contribution is 0.166. The number of aromatic nitrogens is 1. The number of aliphatic hydroxyl groups excluding tert-OH is 2. The molecule has 1 aromatic heterocycles. The van der Waals surface area contributed by atoms with Gasteiger partial charge in [-0.2, -0.15) is 0 Å². The summed E-state index contributed by atoms with van der Waals surface area (Å²) in [5.41, 5.74) is 1.00. The third kappa shape index (κ3) is 4.06. The molecule has 0 aliphatic heterocycles. The minimum Gasteiger partial charge on any atom is -0.396 e. The fourth-order valence-electron chi connectivity index (χ4n) is 1.64. The second-order valence-corrected chi connectivity index (χ2v) is 3.92. The van der Waals surface area contributed by atoms with E-state index in [0.717, 1.165) is 37.8 Å². The molecule has 3 heteroatoms. The van der Waals surface area contributed by atoms with Crippen LogP contribution in [0.4, 0.5) is 0 Å². The van der Waals surface area contributed by atoms with Crippen molar-refractivity contribution in [2.24, 2.45) is 0 Å². The van der Waals surface area contributed by atoms with Crippen molar-refractivity contribution in [3.8, 4) is 0 Å². The van der Waals surface area contributed by atoms with Gasteiger partial charge in [-0.15, -0.1) is 0 Å². The summed E-state index contributed by atoms with van der Waals surface area (Å²) in [4.78, 5) is 0. The van der Waals surface area contributed by atoms with Crippen molar-refractivity contribution in [3.63, 3.8) is 0 Å². The Balaban J connectivity index is 2.41. The van der Waals surface area contributed by atoms with Gasteiger partial charge in [0.15, 0.2) is 0 Å². The maximum atomic E-state index is 9.75. The van der Waals surface area contributed by atoms with Gasteiger partial charge in [0.05, 0.1) is 6.10 Å². The van der Waals surface area contributed by atoms with E-state index in [1.54, 1.807) is 0 Å². The number of rotatable bonds is 7. The minimum atomic E-state index is -0.325. The van der Waals surface area contributed by atoms with Crippen molar-refractivity contribution in [1.29, 1.82) is 0 Å². The summed E-state index contributed by atoms with van der Waals surface area (Å²) in [5.74, 6) is 0. The molecule has 0 aromatic carbocycles. The second-order valence-electron chi connectivity index (χ2n) is 3.92. The first-order chi connectivity index (χ1) is 7.27. The molecule has 0 amide bonds. The van der Waals surface area contributed by atoms with Crippen molar-refractivity contribution in [3.05, 3.63) is 24.0 Å². The number of hydrogen-bond acceptors (Lipinski definition) is 2. The predicted molar refractivity (Wildman–Crippen MR) is 60.6 cm³/mol. The van der Waals surface area contributed by atoms with E-state index in [9.17, 15) is 5.11 Å². The lowest BCUT2D eigenvalue weighted by Gasteiger charge is -2.06. The van der Waals surface area contributed by atoms with Gasteiger partial charge in [0, 0.05) is 25.5 Å². The highest BCUT2D eigenvalue weighted by Crippen LogP contribution is 2.18. The lowest BCUT2D eigenvalue weighted by atomic mass is 10.1. The van der Waals surface area contributed by atoms with E-state index < -0.39 is 0 Å². The molecule has 0 saturated heterocycles. The second kappa shape index (κ2) is 6.64. The normalized spacial score (nSPS) is 13.0. The van der Waals surface area contributed by atoms with Gasteiger partial charge in [0.25, 0.3) is 0 Å². The molecule has 1 unspecified atom stereocenters. The van der Waals surface area contributed by atoms with E-state index in [0.29, 0.717) is 0 Å². The van der Waals surface area contributed by atoms with Crippen molar-refractivity contribution in [2.75, 3.05) is 6.61 Å². The molecule has 1 heterocycles. The topological polar surface area (TPSA) is 45.4 Å². The quantitative estimate of drug-likeness (QED) is 0.678. The molecule has 0 aliphatic carbocycles. The zero-order valence-electron chi connectivity index (χ0n) is 9.39. The fraction of sp³-hybridized carbons (Fsp3) is 0.667. The van der Waals surface area contributed by atoms with Crippen LogP contribution in [0.5, 0.6) is 0 Å². The highest BCUT2D eigenvalue weighted by Gasteiger charge is 2.07. The maximum absolute atomic E-state index is 9.75. The molecule has 0 bridgehead atoms. The number of aryl methyl sites for hydroxylation is 1. The number of hydrogen-bond donors (Lipinski definition) is 2. The Morgan fingerprint density at radius 1 is 1.40 bits per heavy atom. The van der Waals surface area contributed by atoms with E-state index in [2.05, 4.69) is 11.5 Å². The molecule has 2 N–H and O–H groups in total. The molecule has 15 heavy (non-hydrogen) atoms. The van der Waals surface area contributed by atoms with Gasteiger partial charge >= 0.3 is 0 Å². The van der Waals surface area contributed by atoms with Crippen LogP contribution in [0.15, 0.2) is 18.5 Å². The summed E-state index contributed by atoms with van der Waals surface area (Å²) in [5, 5.41) is 18.4. The van der Waals surface area contributed by atoms with Gasteiger partial charge in [-0.3, -0.25) is 0 Å². The maximum Gasteiger partial charge on any atom is 0.0804 e. The summed E-state index contributed by atoms with van der Waals surface area (Å²) in [6.07, 6.45) is 7.30. The Labute approximate surface area is 91.4 Å². The molecule has 0 saturated carbocycles. The summed E-state index contributed by atoms with van der Waals surface area (Å²) in [6.45, 7) is 3.24. The van der Waals surface area contributed by atoms with E-state index in [-0.39, 0.29) is 12.7 Å². The van der Waals surface area contributed by atoms with Gasteiger partial charge in [0.2, 0.25) is 0 Å². The number of nitrogens with zero attached hydrogens (tertiary/aromatic N) is 1. The highest BCUT2D eigenvalue weighted by atomic mass is 16.3. The van der Waals surface area contributed by atoms with Crippen LogP contribution < -0.4 is 0 Å². The Hall–Kier alpha value is -0.800. The SMILES string of the molecule is CCCC(O)c1ccn(CCCCO)c1. The Bertz CT molecular complexity index is 270. The van der Waals surface area contributed by atoms with Crippen LogP contribution in [0, 0.1) is 0 Å². The number of unbranched alkanes of at least 4 members (excludes halogenated alkanes) is 1. The van der Waals surface area contributed by atoms with Crippen molar-refractivity contribution >= 4 is 0 Å². The number of aliphatic hydroxyl groups is 2. The zero-order chi connectivity index (χ0) is 11.1. The van der Waals surface area contributed by atoms with Crippen molar-refractivity contribution in [1.82, 2.24) is 4.57 Å². The molecule has 0 fully saturated rings. The van der Waals surface area contributed by atoms with Gasteiger partial charge < -0.3 is 14.8 Å². The van der Waals surface area contributed by atoms with Crippen LogP contribution in [0.2, 0.25) is 0 Å². The molecule has 1 rings (SSSR count). The zero-order valence-corrected chi connectivity index (χ0v) is 9.39. The summed E-state index contributed by atoms with van der Waals surface area (Å²) in [6, 6.07) is 1.97. The predicted octanol–water partition coefficient (Wildman–Crippen LogP) is 2.09. The van der Waals surface area contributed by atoms with E-state index in [1.807, 2.05) is 18.5 Å². The Kier molecular flexibility index (Phi) is 5.43. The minimum absolute atomic E-state index is 0.257. The molecular formula is C12H21NO2. The van der Waals surface area contributed by atoms with E-state index in [4.69, 9.17) is 5.11 Å². The third-order valence-electron chi connectivity index (χ3n) is 2.54. The molecule has 1 atom stereocenters. The molecule has 0 spiro atoms. The average Bonchev–Trinajstić information content (AvgIpc) is 2.67. The summed E-state index contributed by atoms with van der Waals surface area (Å²) in [7, 11) is 0. The Morgan fingerprint density at radius 3 is 2.87 bits per heavy atom. The fourth-order valence-corrected chi connectivity index (χ4v) is 1.64. The van der Waals surface area contributed by atoms with Gasteiger partial charge in [-0.1, -0.05) is 13.3 Å². The molecule has 0 aliphatic rings. The molecule has 1 aromatic rings. The monoisotopic (exact) mass is 211 g/mol. The standard InChI is InChI=1S/C12H21NO2/c1-2-5-12(15)11-6-8-13(10-11)7-3-4-9-14/h6,8,10,12,14-15H,2-5,7,9H2,1H3. The van der Waals surface area contributed by atoms with Crippen LogP contribution in [-0.2, 0) is 6.54 Å². The first-order valence-electron chi connectivity index (χ1n) is 5.72. The van der Waals surface area contributed by atoms with E-state index >= 15 is 0 Å². The molecule has 3 nitrogen and oxygen atoms in total. The first-order valence-corrected chi connectivity index (χ1v) is 5.72. The van der Waals surface area contributed by atoms with Crippen molar-refractivity contribution in [2.45, 2.75) is 45.3 Å². The van der Waals surface area contributed by atoms with Crippen LogP contribution in [0.3, 0.4) is 0 Å².